The predicted molar refractivity (Wildman–Crippen MR) is 64.8 cm³/mol. The van der Waals surface area contributed by atoms with E-state index in [1.54, 1.807) is 6.26 Å². The number of hydrogen-bond acceptors (Lipinski definition) is 5. The van der Waals surface area contributed by atoms with Gasteiger partial charge in [-0.3, -0.25) is 9.59 Å². The quantitative estimate of drug-likeness (QED) is 0.654. The SMILES string of the molecule is CSCC(=O)NC1C(=O)N2C(C(=O)O)SCC12. The number of carbonyl (C=O) groups excluding carboxylic acids is 2. The number of carboxylic acid groups (broad SMARTS) is 1. The van der Waals surface area contributed by atoms with Gasteiger partial charge in [0.2, 0.25) is 11.8 Å². The van der Waals surface area contributed by atoms with Crippen molar-refractivity contribution in [2.24, 2.45) is 0 Å². The number of thioether (sulfide) groups is 2. The lowest BCUT2D eigenvalue weighted by Crippen LogP contribution is -2.71. The first-order chi connectivity index (χ1) is 8.06. The Balaban J connectivity index is 1.96. The van der Waals surface area contributed by atoms with Gasteiger partial charge in [-0.05, 0) is 6.26 Å². The second-order valence-electron chi connectivity index (χ2n) is 3.81. The van der Waals surface area contributed by atoms with Gasteiger partial charge in [0, 0.05) is 5.75 Å². The standard InChI is InChI=1S/C9H12N2O4S2/c1-16-3-5(12)10-6-4-2-17-8(9(14)15)11(4)7(6)13/h4,6,8H,2-3H2,1H3,(H,10,12)(H,14,15). The number of hydrogen-bond donors (Lipinski definition) is 2. The van der Waals surface area contributed by atoms with Crippen molar-refractivity contribution in [3.63, 3.8) is 0 Å². The first-order valence-electron chi connectivity index (χ1n) is 5.01. The van der Waals surface area contributed by atoms with E-state index in [1.807, 2.05) is 0 Å². The molecule has 2 amide bonds. The first kappa shape index (κ1) is 12.6. The van der Waals surface area contributed by atoms with Gasteiger partial charge in [-0.2, -0.15) is 11.8 Å². The molecule has 3 atom stereocenters. The van der Waals surface area contributed by atoms with Gasteiger partial charge in [-0.15, -0.1) is 11.8 Å². The zero-order chi connectivity index (χ0) is 12.6. The number of amides is 2. The van der Waals surface area contributed by atoms with Gasteiger partial charge < -0.3 is 15.3 Å². The minimum absolute atomic E-state index is 0.167. The second-order valence-corrected chi connectivity index (χ2v) is 5.79. The van der Waals surface area contributed by atoms with Crippen molar-refractivity contribution < 1.29 is 19.5 Å². The molecule has 8 heteroatoms. The highest BCUT2D eigenvalue weighted by atomic mass is 32.2. The number of aliphatic carboxylic acids is 1. The summed E-state index contributed by atoms with van der Waals surface area (Å²) < 4.78 is 0. The normalized spacial score (nSPS) is 30.8. The summed E-state index contributed by atoms with van der Waals surface area (Å²) in [6.45, 7) is 0. The third-order valence-electron chi connectivity index (χ3n) is 2.74. The molecule has 2 heterocycles. The van der Waals surface area contributed by atoms with E-state index in [9.17, 15) is 14.4 Å². The maximum absolute atomic E-state index is 11.7. The Hall–Kier alpha value is -0.890. The van der Waals surface area contributed by atoms with Gasteiger partial charge in [0.1, 0.15) is 6.04 Å². The Kier molecular flexibility index (Phi) is 3.53. The Labute approximate surface area is 106 Å². The average molecular weight is 276 g/mol. The fourth-order valence-corrected chi connectivity index (χ4v) is 3.64. The molecule has 94 valence electrons. The van der Waals surface area contributed by atoms with Gasteiger partial charge in [0.05, 0.1) is 11.8 Å². The first-order valence-corrected chi connectivity index (χ1v) is 7.45. The van der Waals surface area contributed by atoms with Crippen LogP contribution >= 0.6 is 23.5 Å². The van der Waals surface area contributed by atoms with Crippen LogP contribution < -0.4 is 5.32 Å². The maximum atomic E-state index is 11.7. The Morgan fingerprint density at radius 2 is 2.35 bits per heavy atom. The lowest BCUT2D eigenvalue weighted by molar-refractivity contribution is -0.159. The molecule has 0 radical (unpaired) electrons. The second kappa shape index (κ2) is 4.77. The summed E-state index contributed by atoms with van der Waals surface area (Å²) >= 11 is 2.61. The fraction of sp³-hybridized carbons (Fsp3) is 0.667. The molecular weight excluding hydrogens is 264 g/mol. The van der Waals surface area contributed by atoms with Crippen LogP contribution in [0, 0.1) is 0 Å². The number of carboxylic acids is 1. The topological polar surface area (TPSA) is 86.7 Å². The number of nitrogens with zero attached hydrogens (tertiary/aromatic N) is 1. The van der Waals surface area contributed by atoms with E-state index in [1.165, 1.54) is 28.4 Å². The molecule has 0 aromatic carbocycles. The number of fused-ring (bicyclic) bond motifs is 1. The molecule has 6 nitrogen and oxygen atoms in total. The third-order valence-corrected chi connectivity index (χ3v) is 4.57. The van der Waals surface area contributed by atoms with Gasteiger partial charge in [-0.1, -0.05) is 0 Å². The molecule has 0 aromatic heterocycles. The van der Waals surface area contributed by atoms with Crippen molar-refractivity contribution in [2.45, 2.75) is 17.5 Å². The number of nitrogens with one attached hydrogen (secondary N) is 1. The van der Waals surface area contributed by atoms with Crippen LogP contribution in [0.15, 0.2) is 0 Å². The van der Waals surface area contributed by atoms with Crippen LogP contribution in [0.5, 0.6) is 0 Å². The fourth-order valence-electron chi connectivity index (χ4n) is 2.00. The van der Waals surface area contributed by atoms with E-state index < -0.39 is 17.4 Å². The van der Waals surface area contributed by atoms with Crippen molar-refractivity contribution in [3.8, 4) is 0 Å². The van der Waals surface area contributed by atoms with Crippen LogP contribution in [0.25, 0.3) is 0 Å². The highest BCUT2D eigenvalue weighted by Crippen LogP contribution is 2.38. The smallest absolute Gasteiger partial charge is 0.337 e. The highest BCUT2D eigenvalue weighted by Gasteiger charge is 2.57. The third kappa shape index (κ3) is 2.11. The molecular formula is C9H12N2O4S2. The van der Waals surface area contributed by atoms with Gasteiger partial charge in [-0.25, -0.2) is 4.79 Å². The number of β-lactam (4-membered cyclic amide) rings is 1. The Morgan fingerprint density at radius 1 is 1.65 bits per heavy atom. The molecule has 2 N–H and O–H groups in total. The molecule has 0 bridgehead atoms. The summed E-state index contributed by atoms with van der Waals surface area (Å²) in [5.41, 5.74) is 0. The minimum atomic E-state index is -1.00. The summed E-state index contributed by atoms with van der Waals surface area (Å²) in [7, 11) is 0. The monoisotopic (exact) mass is 276 g/mol. The summed E-state index contributed by atoms with van der Waals surface area (Å²) in [5.74, 6) is -0.597. The van der Waals surface area contributed by atoms with E-state index in [2.05, 4.69) is 5.32 Å². The van der Waals surface area contributed by atoms with E-state index in [0.29, 0.717) is 11.5 Å². The predicted octanol–water partition coefficient (Wildman–Crippen LogP) is -0.797. The van der Waals surface area contributed by atoms with Gasteiger partial charge >= 0.3 is 5.97 Å². The number of rotatable bonds is 4. The van der Waals surface area contributed by atoms with Crippen molar-refractivity contribution >= 4 is 41.3 Å². The molecule has 0 spiro atoms. The van der Waals surface area contributed by atoms with Crippen LogP contribution in [-0.4, -0.2) is 63.0 Å². The molecule has 0 aliphatic carbocycles. The highest BCUT2D eigenvalue weighted by molar-refractivity contribution is 8.00. The van der Waals surface area contributed by atoms with Crippen LogP contribution in [0.1, 0.15) is 0 Å². The van der Waals surface area contributed by atoms with Crippen LogP contribution in [0.2, 0.25) is 0 Å². The molecule has 2 aliphatic rings. The average Bonchev–Trinajstić information content (AvgIpc) is 2.66. The van der Waals surface area contributed by atoms with Crippen molar-refractivity contribution in [1.82, 2.24) is 10.2 Å². The summed E-state index contributed by atoms with van der Waals surface area (Å²) in [6, 6.07) is -0.703. The summed E-state index contributed by atoms with van der Waals surface area (Å²) in [5, 5.41) is 10.8. The van der Waals surface area contributed by atoms with Gasteiger partial charge in [0.25, 0.3) is 0 Å². The summed E-state index contributed by atoms with van der Waals surface area (Å²) in [4.78, 5) is 35.3. The van der Waals surface area contributed by atoms with Gasteiger partial charge in [0.15, 0.2) is 5.37 Å². The molecule has 2 saturated heterocycles. The molecule has 17 heavy (non-hydrogen) atoms. The molecule has 2 aliphatic heterocycles. The zero-order valence-electron chi connectivity index (χ0n) is 9.08. The molecule has 3 unspecified atom stereocenters. The van der Waals surface area contributed by atoms with Crippen LogP contribution in [0.3, 0.4) is 0 Å². The lowest BCUT2D eigenvalue weighted by atomic mass is 9.97. The summed E-state index contributed by atoms with van der Waals surface area (Å²) in [6.07, 6.45) is 1.81. The van der Waals surface area contributed by atoms with E-state index >= 15 is 0 Å². The van der Waals surface area contributed by atoms with Crippen molar-refractivity contribution in [2.75, 3.05) is 17.8 Å². The largest absolute Gasteiger partial charge is 0.479 e. The van der Waals surface area contributed by atoms with E-state index in [0.717, 1.165) is 0 Å². The Morgan fingerprint density at radius 3 is 2.94 bits per heavy atom. The molecule has 2 rings (SSSR count). The van der Waals surface area contributed by atoms with Crippen molar-refractivity contribution in [1.29, 1.82) is 0 Å². The zero-order valence-corrected chi connectivity index (χ0v) is 10.7. The van der Waals surface area contributed by atoms with Crippen LogP contribution in [0.4, 0.5) is 0 Å². The lowest BCUT2D eigenvalue weighted by Gasteiger charge is -2.43. The molecule has 2 fully saturated rings. The maximum Gasteiger partial charge on any atom is 0.337 e. The number of carbonyl (C=O) groups is 3. The van der Waals surface area contributed by atoms with Crippen molar-refractivity contribution in [3.05, 3.63) is 0 Å². The van der Waals surface area contributed by atoms with E-state index in [-0.39, 0.29) is 17.9 Å². The Bertz CT molecular complexity index is 376. The van der Waals surface area contributed by atoms with Crippen LogP contribution in [-0.2, 0) is 14.4 Å². The minimum Gasteiger partial charge on any atom is -0.479 e. The molecule has 0 aromatic rings. The van der Waals surface area contributed by atoms with E-state index in [4.69, 9.17) is 5.11 Å². The molecule has 0 saturated carbocycles.